The van der Waals surface area contributed by atoms with E-state index in [-0.39, 0.29) is 23.9 Å². The van der Waals surface area contributed by atoms with E-state index in [0.29, 0.717) is 24.4 Å². The second-order valence-corrected chi connectivity index (χ2v) is 9.22. The van der Waals surface area contributed by atoms with Crippen LogP contribution in [0.1, 0.15) is 15.2 Å². The van der Waals surface area contributed by atoms with Crippen molar-refractivity contribution in [1.82, 2.24) is 15.5 Å². The van der Waals surface area contributed by atoms with E-state index in [1.807, 2.05) is 0 Å². The summed E-state index contributed by atoms with van der Waals surface area (Å²) in [6.45, 7) is 0.949. The summed E-state index contributed by atoms with van der Waals surface area (Å²) in [6, 6.07) is 9.43. The van der Waals surface area contributed by atoms with Crippen molar-refractivity contribution in [2.45, 2.75) is 17.5 Å². The third-order valence-corrected chi connectivity index (χ3v) is 6.36. The van der Waals surface area contributed by atoms with Crippen LogP contribution in [0.25, 0.3) is 0 Å². The van der Waals surface area contributed by atoms with Crippen molar-refractivity contribution in [3.05, 3.63) is 52.2 Å². The first-order valence-corrected chi connectivity index (χ1v) is 11.8. The smallest absolute Gasteiger partial charge is 0.309 e. The van der Waals surface area contributed by atoms with Gasteiger partial charge in [0.25, 0.3) is 5.91 Å². The number of carbonyl (C=O) groups is 3. The van der Waals surface area contributed by atoms with Gasteiger partial charge in [0.1, 0.15) is 6.23 Å². The van der Waals surface area contributed by atoms with Crippen LogP contribution in [-0.2, 0) is 30.8 Å². The Balaban J connectivity index is 1.42. The van der Waals surface area contributed by atoms with Crippen LogP contribution < -0.4 is 15.8 Å². The maximum Gasteiger partial charge on any atom is 0.309 e. The molecular weight excluding hydrogens is 444 g/mol. The van der Waals surface area contributed by atoms with Crippen LogP contribution in [0.5, 0.6) is 0 Å². The molecule has 1 saturated heterocycles. The molecular formula is C19H22N4O6S2. The zero-order chi connectivity index (χ0) is 22.4. The minimum absolute atomic E-state index is 0.000369. The van der Waals surface area contributed by atoms with Gasteiger partial charge in [0, 0.05) is 13.1 Å². The van der Waals surface area contributed by atoms with Crippen molar-refractivity contribution in [2.75, 3.05) is 26.2 Å². The number of nitrogens with two attached hydrogens (primary N) is 1. The van der Waals surface area contributed by atoms with Gasteiger partial charge in [-0.3, -0.25) is 14.4 Å². The first kappa shape index (κ1) is 22.9. The van der Waals surface area contributed by atoms with E-state index in [1.165, 1.54) is 28.4 Å². The fraction of sp³-hybridized carbons (Fsp3) is 0.316. The third-order valence-electron chi connectivity index (χ3n) is 4.58. The minimum Gasteiger partial charge on any atom is -0.355 e. The van der Waals surface area contributed by atoms with Crippen molar-refractivity contribution in [3.63, 3.8) is 0 Å². The molecule has 10 nitrogen and oxygen atoms in total. The molecule has 1 fully saturated rings. The van der Waals surface area contributed by atoms with Gasteiger partial charge in [0.05, 0.1) is 22.9 Å². The largest absolute Gasteiger partial charge is 0.355 e. The Morgan fingerprint density at radius 1 is 1.13 bits per heavy atom. The maximum absolute atomic E-state index is 12.5. The van der Waals surface area contributed by atoms with Crippen molar-refractivity contribution >= 4 is 39.1 Å². The first-order chi connectivity index (χ1) is 14.8. The maximum atomic E-state index is 12.5. The summed E-state index contributed by atoms with van der Waals surface area (Å²) in [5.74, 6) is -1.82. The molecule has 1 atom stereocenters. The van der Waals surface area contributed by atoms with Gasteiger partial charge in [0.15, 0.2) is 0 Å². The second-order valence-electron chi connectivity index (χ2n) is 6.71. The predicted octanol–water partition coefficient (Wildman–Crippen LogP) is -0.331. The average Bonchev–Trinajstić information content (AvgIpc) is 3.43. The van der Waals surface area contributed by atoms with Crippen molar-refractivity contribution in [1.29, 1.82) is 0 Å². The number of amides is 3. The standard InChI is InChI=1S/C19H22N4O6S2/c20-31(27,28)14-5-3-13(4-6-14)7-8-21-17(24)18(25)22-12-16-23(9-10-29-16)19(26)15-2-1-11-30-15/h1-6,11,16H,7-10,12H2,(H,21,24)(H,22,25)(H2,20,27,28)/t16-/m0/s1. The highest BCUT2D eigenvalue weighted by Crippen LogP contribution is 2.17. The number of hydrogen-bond acceptors (Lipinski definition) is 7. The average molecular weight is 467 g/mol. The van der Waals surface area contributed by atoms with Gasteiger partial charge in [0.2, 0.25) is 10.0 Å². The third kappa shape index (κ3) is 6.10. The number of thiophene rings is 1. The van der Waals surface area contributed by atoms with Crippen molar-refractivity contribution < 1.29 is 27.5 Å². The second kappa shape index (κ2) is 10.0. The molecule has 12 heteroatoms. The number of rotatable bonds is 7. The highest BCUT2D eigenvalue weighted by Gasteiger charge is 2.31. The van der Waals surface area contributed by atoms with E-state index >= 15 is 0 Å². The van der Waals surface area contributed by atoms with Crippen LogP contribution in [0, 0.1) is 0 Å². The predicted molar refractivity (Wildman–Crippen MR) is 113 cm³/mol. The molecule has 0 bridgehead atoms. The molecule has 0 aliphatic carbocycles. The number of primary sulfonamides is 1. The van der Waals surface area contributed by atoms with E-state index < -0.39 is 28.1 Å². The molecule has 0 unspecified atom stereocenters. The first-order valence-electron chi connectivity index (χ1n) is 9.39. The zero-order valence-corrected chi connectivity index (χ0v) is 18.1. The van der Waals surface area contributed by atoms with Gasteiger partial charge < -0.3 is 20.3 Å². The van der Waals surface area contributed by atoms with Crippen molar-refractivity contribution in [2.24, 2.45) is 5.14 Å². The summed E-state index contributed by atoms with van der Waals surface area (Å²) in [5.41, 5.74) is 0.773. The Hall–Kier alpha value is -2.80. The van der Waals surface area contributed by atoms with Gasteiger partial charge in [-0.25, -0.2) is 13.6 Å². The Morgan fingerprint density at radius 3 is 2.48 bits per heavy atom. The quantitative estimate of drug-likeness (QED) is 0.476. The molecule has 3 rings (SSSR count). The van der Waals surface area contributed by atoms with Gasteiger partial charge in [-0.05, 0) is 35.6 Å². The van der Waals surface area contributed by atoms with Gasteiger partial charge >= 0.3 is 11.8 Å². The number of hydrogen-bond donors (Lipinski definition) is 3. The van der Waals surface area contributed by atoms with Crippen LogP contribution in [0.15, 0.2) is 46.7 Å². The van der Waals surface area contributed by atoms with Gasteiger partial charge in [-0.1, -0.05) is 18.2 Å². The van der Waals surface area contributed by atoms with E-state index in [4.69, 9.17) is 9.88 Å². The highest BCUT2D eigenvalue weighted by molar-refractivity contribution is 7.89. The molecule has 0 radical (unpaired) electrons. The Bertz CT molecular complexity index is 1040. The Kier molecular flexibility index (Phi) is 7.38. The molecule has 1 aliphatic rings. The molecule has 1 aliphatic heterocycles. The lowest BCUT2D eigenvalue weighted by Crippen LogP contribution is -2.47. The highest BCUT2D eigenvalue weighted by atomic mass is 32.2. The molecule has 1 aromatic heterocycles. The number of ether oxygens (including phenoxy) is 1. The van der Waals surface area contributed by atoms with E-state index in [1.54, 1.807) is 29.6 Å². The number of carbonyl (C=O) groups excluding carboxylic acids is 3. The van der Waals surface area contributed by atoms with Crippen LogP contribution in [-0.4, -0.2) is 63.5 Å². The van der Waals surface area contributed by atoms with Crippen LogP contribution in [0.2, 0.25) is 0 Å². The molecule has 0 saturated carbocycles. The summed E-state index contributed by atoms with van der Waals surface area (Å²) in [6.07, 6.45) is -0.234. The van der Waals surface area contributed by atoms with Gasteiger partial charge in [-0.2, -0.15) is 0 Å². The summed E-state index contributed by atoms with van der Waals surface area (Å²) >= 11 is 1.32. The van der Waals surface area contributed by atoms with Crippen LogP contribution >= 0.6 is 11.3 Å². The van der Waals surface area contributed by atoms with E-state index in [0.717, 1.165) is 5.56 Å². The van der Waals surface area contributed by atoms with Crippen LogP contribution in [0.3, 0.4) is 0 Å². The molecule has 31 heavy (non-hydrogen) atoms. The molecule has 0 spiro atoms. The normalized spacial score (nSPS) is 16.2. The number of sulfonamides is 1. The summed E-state index contributed by atoms with van der Waals surface area (Å²) in [7, 11) is -3.76. The Labute approximate surface area is 183 Å². The molecule has 166 valence electrons. The molecule has 3 amide bonds. The summed E-state index contributed by atoms with van der Waals surface area (Å²) in [4.78, 5) is 38.6. The van der Waals surface area contributed by atoms with Crippen LogP contribution in [0.4, 0.5) is 0 Å². The number of nitrogens with one attached hydrogen (secondary N) is 2. The fourth-order valence-corrected chi connectivity index (χ4v) is 4.17. The molecule has 2 heterocycles. The lowest BCUT2D eigenvalue weighted by atomic mass is 10.1. The van der Waals surface area contributed by atoms with Crippen molar-refractivity contribution in [3.8, 4) is 0 Å². The zero-order valence-electron chi connectivity index (χ0n) is 16.4. The lowest BCUT2D eigenvalue weighted by molar-refractivity contribution is -0.139. The minimum atomic E-state index is -3.76. The SMILES string of the molecule is NS(=O)(=O)c1ccc(CCNC(=O)C(=O)NC[C@@H]2OCCN2C(=O)c2cccs2)cc1. The summed E-state index contributed by atoms with van der Waals surface area (Å²) < 4.78 is 28.0. The molecule has 1 aromatic carbocycles. The van der Waals surface area contributed by atoms with E-state index in [9.17, 15) is 22.8 Å². The monoisotopic (exact) mass is 466 g/mol. The molecule has 4 N–H and O–H groups in total. The number of nitrogens with zero attached hydrogens (tertiary/aromatic N) is 1. The Morgan fingerprint density at radius 2 is 1.84 bits per heavy atom. The molecule has 2 aromatic rings. The summed E-state index contributed by atoms with van der Waals surface area (Å²) in [5, 5.41) is 11.8. The fourth-order valence-electron chi connectivity index (χ4n) is 2.97. The van der Waals surface area contributed by atoms with Gasteiger partial charge in [-0.15, -0.1) is 11.3 Å². The van der Waals surface area contributed by atoms with E-state index in [2.05, 4.69) is 10.6 Å². The lowest BCUT2D eigenvalue weighted by Gasteiger charge is -2.22. The topological polar surface area (TPSA) is 148 Å². The number of benzene rings is 1.